The molecule has 1 fully saturated rings. The molecule has 0 amide bonds. The van der Waals surface area contributed by atoms with Crippen molar-refractivity contribution in [3.05, 3.63) is 71.8 Å². The first-order chi connectivity index (χ1) is 16.4. The van der Waals surface area contributed by atoms with Crippen molar-refractivity contribution in [1.82, 2.24) is 9.55 Å². The number of nitrogens with zero attached hydrogens (tertiary/aromatic N) is 2. The van der Waals surface area contributed by atoms with Gasteiger partial charge in [-0.05, 0) is 36.8 Å². The number of hydrogen-bond donors (Lipinski definition) is 3. The second-order valence-electron chi connectivity index (χ2n) is 7.94. The maximum absolute atomic E-state index is 14.8. The van der Waals surface area contributed by atoms with Crippen molar-refractivity contribution in [2.45, 2.75) is 31.3 Å². The summed E-state index contributed by atoms with van der Waals surface area (Å²) in [6, 6.07) is 7.74. The molecule has 0 aliphatic carbocycles. The monoisotopic (exact) mass is 470 g/mol. The summed E-state index contributed by atoms with van der Waals surface area (Å²) in [6.45, 7) is 1.54. The number of ether oxygens (including phenoxy) is 2. The van der Waals surface area contributed by atoms with Crippen LogP contribution in [0.25, 0.3) is 11.1 Å². The van der Waals surface area contributed by atoms with E-state index < -0.39 is 36.0 Å². The first-order valence-electron chi connectivity index (χ1n) is 10.7. The zero-order valence-corrected chi connectivity index (χ0v) is 18.4. The molecule has 1 aromatic heterocycles. The fraction of sp³-hybridized carbons (Fsp3) is 0.320. The van der Waals surface area contributed by atoms with E-state index >= 15 is 0 Å². The molecule has 34 heavy (non-hydrogen) atoms. The van der Waals surface area contributed by atoms with Gasteiger partial charge in [-0.2, -0.15) is 0 Å². The van der Waals surface area contributed by atoms with E-state index in [0.717, 1.165) is 0 Å². The van der Waals surface area contributed by atoms with E-state index in [0.29, 0.717) is 17.0 Å². The standard InChI is InChI=1S/C25H24F2N2O5/c1-15(31)25-28-8-9-29(25)18(12-30)5-2-16-3-6-19(20(26)10-16)17-4-7-23(21(27)11-17)34-24-14-33-13-22(24)32/h3-4,6-11,15,18,22,24,30-32H,12-14H2,1H3/t15-,18-,22?,24-/m0/s1. The molecule has 4 rings (SSSR count). The van der Waals surface area contributed by atoms with Gasteiger partial charge < -0.3 is 29.4 Å². The Hall–Kier alpha value is -3.29. The van der Waals surface area contributed by atoms with Crippen molar-refractivity contribution in [1.29, 1.82) is 0 Å². The SMILES string of the molecule is C[C@H](O)c1nccn1[C@@H](C#Cc1ccc(-c2ccc(O[C@H]3COCC3O)c(F)c2)c(F)c1)CO. The van der Waals surface area contributed by atoms with Crippen LogP contribution in [0.15, 0.2) is 48.8 Å². The molecule has 0 radical (unpaired) electrons. The summed E-state index contributed by atoms with van der Waals surface area (Å²) in [4.78, 5) is 4.06. The van der Waals surface area contributed by atoms with Gasteiger partial charge in [-0.1, -0.05) is 24.0 Å². The summed E-state index contributed by atoms with van der Waals surface area (Å²) in [6.07, 6.45) is 0.778. The van der Waals surface area contributed by atoms with Crippen LogP contribution in [-0.2, 0) is 4.74 Å². The summed E-state index contributed by atoms with van der Waals surface area (Å²) < 4.78 is 41.5. The van der Waals surface area contributed by atoms with Crippen molar-refractivity contribution in [2.75, 3.05) is 19.8 Å². The number of benzene rings is 2. The molecule has 4 atom stereocenters. The van der Waals surface area contributed by atoms with Gasteiger partial charge in [0.15, 0.2) is 17.7 Å². The highest BCUT2D eigenvalue weighted by Crippen LogP contribution is 2.29. The molecule has 0 bridgehead atoms. The minimum Gasteiger partial charge on any atom is -0.482 e. The number of imidazole rings is 1. The van der Waals surface area contributed by atoms with Crippen LogP contribution < -0.4 is 4.74 Å². The van der Waals surface area contributed by atoms with E-state index in [-0.39, 0.29) is 31.1 Å². The average Bonchev–Trinajstić information content (AvgIpc) is 3.45. The molecule has 9 heteroatoms. The van der Waals surface area contributed by atoms with Gasteiger partial charge in [0.2, 0.25) is 0 Å². The first-order valence-corrected chi connectivity index (χ1v) is 10.7. The second-order valence-corrected chi connectivity index (χ2v) is 7.94. The fourth-order valence-electron chi connectivity index (χ4n) is 3.67. The minimum absolute atomic E-state index is 0.0488. The van der Waals surface area contributed by atoms with Crippen molar-refractivity contribution in [3.63, 3.8) is 0 Å². The van der Waals surface area contributed by atoms with Gasteiger partial charge in [0.25, 0.3) is 0 Å². The molecule has 2 heterocycles. The molecule has 1 saturated heterocycles. The first kappa shape index (κ1) is 23.9. The van der Waals surface area contributed by atoms with Gasteiger partial charge >= 0.3 is 0 Å². The van der Waals surface area contributed by atoms with Crippen LogP contribution in [0.1, 0.15) is 30.5 Å². The zero-order chi connectivity index (χ0) is 24.2. The lowest BCUT2D eigenvalue weighted by molar-refractivity contribution is 0.0708. The van der Waals surface area contributed by atoms with E-state index in [9.17, 15) is 24.1 Å². The van der Waals surface area contributed by atoms with Crippen molar-refractivity contribution in [3.8, 4) is 28.7 Å². The normalized spacial score (nSPS) is 19.4. The predicted octanol–water partition coefficient (Wildman–Crippen LogP) is 2.61. The molecule has 2 aromatic carbocycles. The quantitative estimate of drug-likeness (QED) is 0.480. The van der Waals surface area contributed by atoms with E-state index in [1.165, 1.54) is 36.5 Å². The molecule has 3 aromatic rings. The Morgan fingerprint density at radius 3 is 2.68 bits per heavy atom. The summed E-state index contributed by atoms with van der Waals surface area (Å²) >= 11 is 0. The summed E-state index contributed by atoms with van der Waals surface area (Å²) in [5.74, 6) is 4.73. The summed E-state index contributed by atoms with van der Waals surface area (Å²) in [7, 11) is 0. The van der Waals surface area contributed by atoms with Crippen LogP contribution in [0.4, 0.5) is 8.78 Å². The van der Waals surface area contributed by atoms with Gasteiger partial charge in [0.1, 0.15) is 29.9 Å². The van der Waals surface area contributed by atoms with Crippen LogP contribution in [0.3, 0.4) is 0 Å². The Balaban J connectivity index is 1.52. The smallest absolute Gasteiger partial charge is 0.165 e. The van der Waals surface area contributed by atoms with Crippen LogP contribution >= 0.6 is 0 Å². The Morgan fingerprint density at radius 1 is 1.21 bits per heavy atom. The molecular formula is C25H24F2N2O5. The van der Waals surface area contributed by atoms with Crippen molar-refractivity contribution in [2.24, 2.45) is 0 Å². The van der Waals surface area contributed by atoms with Crippen LogP contribution in [0.5, 0.6) is 5.75 Å². The van der Waals surface area contributed by atoms with Gasteiger partial charge in [0, 0.05) is 23.5 Å². The average molecular weight is 470 g/mol. The van der Waals surface area contributed by atoms with Gasteiger partial charge in [0.05, 0.1) is 19.8 Å². The van der Waals surface area contributed by atoms with Crippen LogP contribution in [0, 0.1) is 23.5 Å². The lowest BCUT2D eigenvalue weighted by atomic mass is 10.0. The molecule has 1 aliphatic heterocycles. The van der Waals surface area contributed by atoms with Gasteiger partial charge in [-0.15, -0.1) is 0 Å². The second kappa shape index (κ2) is 10.3. The number of aromatic nitrogens is 2. The summed E-state index contributed by atoms with van der Waals surface area (Å²) in [5, 5.41) is 29.3. The van der Waals surface area contributed by atoms with Crippen molar-refractivity contribution < 1.29 is 33.6 Å². The largest absolute Gasteiger partial charge is 0.482 e. The Kier molecular flexibility index (Phi) is 7.24. The van der Waals surface area contributed by atoms with Gasteiger partial charge in [-0.3, -0.25) is 0 Å². The van der Waals surface area contributed by atoms with Crippen LogP contribution in [-0.4, -0.2) is 56.9 Å². The Bertz CT molecular complexity index is 1220. The van der Waals surface area contributed by atoms with E-state index in [4.69, 9.17) is 9.47 Å². The highest BCUT2D eigenvalue weighted by Gasteiger charge is 2.28. The number of aliphatic hydroxyl groups is 3. The topological polar surface area (TPSA) is 97.0 Å². The molecule has 1 aliphatic rings. The lowest BCUT2D eigenvalue weighted by Gasteiger charge is -2.16. The van der Waals surface area contributed by atoms with Crippen LogP contribution in [0.2, 0.25) is 0 Å². The zero-order valence-electron chi connectivity index (χ0n) is 18.4. The molecule has 0 spiro atoms. The number of halogens is 2. The van der Waals surface area contributed by atoms with E-state index in [2.05, 4.69) is 16.8 Å². The number of aliphatic hydroxyl groups excluding tert-OH is 3. The molecule has 3 N–H and O–H groups in total. The maximum atomic E-state index is 14.8. The highest BCUT2D eigenvalue weighted by molar-refractivity contribution is 5.66. The fourth-order valence-corrected chi connectivity index (χ4v) is 3.67. The van der Waals surface area contributed by atoms with Gasteiger partial charge in [-0.25, -0.2) is 13.8 Å². The molecule has 0 saturated carbocycles. The Morgan fingerprint density at radius 2 is 2.03 bits per heavy atom. The molecular weight excluding hydrogens is 446 g/mol. The number of rotatable bonds is 6. The highest BCUT2D eigenvalue weighted by atomic mass is 19.1. The third-order valence-corrected chi connectivity index (χ3v) is 5.45. The van der Waals surface area contributed by atoms with Crippen molar-refractivity contribution >= 4 is 0 Å². The minimum atomic E-state index is -0.837. The molecule has 178 valence electrons. The lowest BCUT2D eigenvalue weighted by Crippen LogP contribution is -2.30. The number of hydrogen-bond acceptors (Lipinski definition) is 6. The van der Waals surface area contributed by atoms with E-state index in [1.54, 1.807) is 23.8 Å². The third-order valence-electron chi connectivity index (χ3n) is 5.45. The Labute approximate surface area is 195 Å². The van der Waals surface area contributed by atoms with E-state index in [1.807, 2.05) is 0 Å². The predicted molar refractivity (Wildman–Crippen MR) is 119 cm³/mol. The maximum Gasteiger partial charge on any atom is 0.165 e. The molecule has 1 unspecified atom stereocenters. The third kappa shape index (κ3) is 5.11. The molecule has 7 nitrogen and oxygen atoms in total. The summed E-state index contributed by atoms with van der Waals surface area (Å²) in [5.41, 5.74) is 0.873.